The van der Waals surface area contributed by atoms with Crippen LogP contribution in [-0.2, 0) is 0 Å². The number of pyridine rings is 1. The molecule has 0 atom stereocenters. The highest BCUT2D eigenvalue weighted by Gasteiger charge is 2.18. The number of benzene rings is 1. The molecule has 20 heavy (non-hydrogen) atoms. The number of phenols is 1. The van der Waals surface area contributed by atoms with Crippen LogP contribution < -0.4 is 0 Å². The molecule has 0 saturated heterocycles. The molecule has 2 aromatic heterocycles. The second kappa shape index (κ2) is 4.73. The van der Waals surface area contributed by atoms with Crippen molar-refractivity contribution in [1.82, 2.24) is 15.1 Å². The fraction of sp³-hybridized carbons (Fsp3) is 0.0714. The van der Waals surface area contributed by atoms with E-state index in [2.05, 4.69) is 15.1 Å². The molecule has 0 unspecified atom stereocenters. The highest BCUT2D eigenvalue weighted by atomic mass is 19.1. The Labute approximate surface area is 113 Å². The Kier molecular flexibility index (Phi) is 2.90. The van der Waals surface area contributed by atoms with Crippen LogP contribution in [-0.4, -0.2) is 20.2 Å². The van der Waals surface area contributed by atoms with Crippen LogP contribution in [0.1, 0.15) is 5.56 Å². The van der Waals surface area contributed by atoms with E-state index in [1.54, 1.807) is 18.5 Å². The van der Waals surface area contributed by atoms with Crippen LogP contribution in [0.4, 0.5) is 4.39 Å². The Morgan fingerprint density at radius 3 is 2.85 bits per heavy atom. The summed E-state index contributed by atoms with van der Waals surface area (Å²) in [4.78, 5) is 8.11. The first kappa shape index (κ1) is 12.3. The third kappa shape index (κ3) is 2.01. The number of rotatable bonds is 2. The molecule has 0 aliphatic heterocycles. The van der Waals surface area contributed by atoms with Crippen LogP contribution in [0.3, 0.4) is 0 Å². The summed E-state index contributed by atoms with van der Waals surface area (Å²) in [6.07, 6.45) is 3.28. The molecule has 1 aromatic carbocycles. The third-order valence-electron chi connectivity index (χ3n) is 2.89. The summed E-state index contributed by atoms with van der Waals surface area (Å²) in [5.74, 6) is -0.604. The second-order valence-corrected chi connectivity index (χ2v) is 4.25. The maximum Gasteiger partial charge on any atom is 0.265 e. The van der Waals surface area contributed by atoms with E-state index in [1.807, 2.05) is 6.92 Å². The standard InChI is InChI=1S/C14H10FN3O2/c1-8-7-16-6-5-9(8)13-17-14(20-18-13)12-10(15)3-2-4-11(12)19/h2-7,19H,1H3. The Morgan fingerprint density at radius 1 is 1.25 bits per heavy atom. The van der Waals surface area contributed by atoms with Gasteiger partial charge in [0.2, 0.25) is 5.82 Å². The summed E-state index contributed by atoms with van der Waals surface area (Å²) in [6.45, 7) is 1.86. The zero-order valence-electron chi connectivity index (χ0n) is 10.5. The zero-order valence-corrected chi connectivity index (χ0v) is 10.5. The lowest BCUT2D eigenvalue weighted by Gasteiger charge is -2.00. The smallest absolute Gasteiger partial charge is 0.265 e. The van der Waals surface area contributed by atoms with Crippen LogP contribution >= 0.6 is 0 Å². The molecule has 100 valence electrons. The van der Waals surface area contributed by atoms with E-state index >= 15 is 0 Å². The van der Waals surface area contributed by atoms with Gasteiger partial charge in [-0.3, -0.25) is 4.98 Å². The fourth-order valence-electron chi connectivity index (χ4n) is 1.88. The Bertz CT molecular complexity index is 750. The van der Waals surface area contributed by atoms with Gasteiger partial charge in [0.25, 0.3) is 5.89 Å². The minimum absolute atomic E-state index is 0.0631. The van der Waals surface area contributed by atoms with E-state index < -0.39 is 5.82 Å². The summed E-state index contributed by atoms with van der Waals surface area (Å²) in [5.41, 5.74) is 1.52. The first-order chi connectivity index (χ1) is 9.66. The van der Waals surface area contributed by atoms with E-state index in [-0.39, 0.29) is 17.2 Å². The van der Waals surface area contributed by atoms with Crippen molar-refractivity contribution in [3.05, 3.63) is 48.0 Å². The molecule has 3 aromatic rings. The molecule has 0 radical (unpaired) electrons. The number of aryl methyl sites for hydroxylation is 1. The first-order valence-electron chi connectivity index (χ1n) is 5.89. The number of aromatic nitrogens is 3. The molecular weight excluding hydrogens is 261 g/mol. The van der Waals surface area contributed by atoms with Crippen LogP contribution in [0.25, 0.3) is 22.8 Å². The fourth-order valence-corrected chi connectivity index (χ4v) is 1.88. The largest absolute Gasteiger partial charge is 0.507 e. The highest BCUT2D eigenvalue weighted by Crippen LogP contribution is 2.31. The molecular formula is C14H10FN3O2. The van der Waals surface area contributed by atoms with Gasteiger partial charge in [0.1, 0.15) is 17.1 Å². The predicted molar refractivity (Wildman–Crippen MR) is 69.3 cm³/mol. The van der Waals surface area contributed by atoms with Gasteiger partial charge in [-0.1, -0.05) is 11.2 Å². The number of hydrogen-bond acceptors (Lipinski definition) is 5. The average Bonchev–Trinajstić information content (AvgIpc) is 2.88. The van der Waals surface area contributed by atoms with Gasteiger partial charge in [-0.2, -0.15) is 4.98 Å². The molecule has 0 fully saturated rings. The summed E-state index contributed by atoms with van der Waals surface area (Å²) in [7, 11) is 0. The summed E-state index contributed by atoms with van der Waals surface area (Å²) in [6, 6.07) is 5.72. The number of halogens is 1. The van der Waals surface area contributed by atoms with Gasteiger partial charge in [0.05, 0.1) is 0 Å². The molecule has 6 heteroatoms. The number of nitrogens with zero attached hydrogens (tertiary/aromatic N) is 3. The molecule has 2 heterocycles. The lowest BCUT2D eigenvalue weighted by Crippen LogP contribution is -1.88. The number of phenolic OH excluding ortho intramolecular Hbond substituents is 1. The van der Waals surface area contributed by atoms with Crippen molar-refractivity contribution in [3.63, 3.8) is 0 Å². The minimum atomic E-state index is -0.619. The topological polar surface area (TPSA) is 72.0 Å². The number of aromatic hydroxyl groups is 1. The first-order valence-corrected chi connectivity index (χ1v) is 5.89. The molecule has 0 saturated carbocycles. The molecule has 1 N–H and O–H groups in total. The summed E-state index contributed by atoms with van der Waals surface area (Å²) in [5, 5.41) is 13.5. The predicted octanol–water partition coefficient (Wildman–Crippen LogP) is 2.95. The monoisotopic (exact) mass is 271 g/mol. The molecule has 3 rings (SSSR count). The second-order valence-electron chi connectivity index (χ2n) is 4.25. The minimum Gasteiger partial charge on any atom is -0.507 e. The Morgan fingerprint density at radius 2 is 2.10 bits per heavy atom. The van der Waals surface area contributed by atoms with Gasteiger partial charge in [-0.25, -0.2) is 4.39 Å². The van der Waals surface area contributed by atoms with Crippen molar-refractivity contribution in [2.75, 3.05) is 0 Å². The molecule has 0 spiro atoms. The molecule has 0 amide bonds. The van der Waals surface area contributed by atoms with E-state index in [4.69, 9.17) is 4.52 Å². The van der Waals surface area contributed by atoms with Crippen molar-refractivity contribution >= 4 is 0 Å². The number of hydrogen-bond donors (Lipinski definition) is 1. The van der Waals surface area contributed by atoms with Crippen molar-refractivity contribution in [2.24, 2.45) is 0 Å². The third-order valence-corrected chi connectivity index (χ3v) is 2.89. The lowest BCUT2D eigenvalue weighted by atomic mass is 10.1. The Hall–Kier alpha value is -2.76. The molecule has 5 nitrogen and oxygen atoms in total. The van der Waals surface area contributed by atoms with Gasteiger partial charge in [0.15, 0.2) is 0 Å². The molecule has 0 aliphatic carbocycles. The quantitative estimate of drug-likeness (QED) is 0.775. The van der Waals surface area contributed by atoms with E-state index in [0.717, 1.165) is 11.1 Å². The van der Waals surface area contributed by atoms with E-state index in [9.17, 15) is 9.50 Å². The Balaban J connectivity index is 2.10. The lowest BCUT2D eigenvalue weighted by molar-refractivity contribution is 0.421. The molecule has 0 bridgehead atoms. The van der Waals surface area contributed by atoms with E-state index in [1.165, 1.54) is 18.2 Å². The van der Waals surface area contributed by atoms with Crippen LogP contribution in [0.15, 0.2) is 41.2 Å². The van der Waals surface area contributed by atoms with Gasteiger partial charge in [0, 0.05) is 18.0 Å². The summed E-state index contributed by atoms with van der Waals surface area (Å²) < 4.78 is 18.8. The highest BCUT2D eigenvalue weighted by molar-refractivity contribution is 5.66. The van der Waals surface area contributed by atoms with Crippen molar-refractivity contribution in [3.8, 4) is 28.6 Å². The van der Waals surface area contributed by atoms with Gasteiger partial charge >= 0.3 is 0 Å². The van der Waals surface area contributed by atoms with Crippen molar-refractivity contribution in [2.45, 2.75) is 6.92 Å². The maximum absolute atomic E-state index is 13.7. The maximum atomic E-state index is 13.7. The SMILES string of the molecule is Cc1cnccc1-c1noc(-c2c(O)cccc2F)n1. The average molecular weight is 271 g/mol. The van der Waals surface area contributed by atoms with Gasteiger partial charge in [-0.05, 0) is 30.7 Å². The van der Waals surface area contributed by atoms with E-state index in [0.29, 0.717) is 5.82 Å². The van der Waals surface area contributed by atoms with Crippen LogP contribution in [0.2, 0.25) is 0 Å². The molecule has 0 aliphatic rings. The van der Waals surface area contributed by atoms with Gasteiger partial charge < -0.3 is 9.63 Å². The van der Waals surface area contributed by atoms with Crippen molar-refractivity contribution < 1.29 is 14.0 Å². The van der Waals surface area contributed by atoms with Crippen molar-refractivity contribution in [1.29, 1.82) is 0 Å². The van der Waals surface area contributed by atoms with Gasteiger partial charge in [-0.15, -0.1) is 0 Å². The zero-order chi connectivity index (χ0) is 14.1. The summed E-state index contributed by atoms with van der Waals surface area (Å²) >= 11 is 0. The van der Waals surface area contributed by atoms with Crippen LogP contribution in [0, 0.1) is 12.7 Å². The normalized spacial score (nSPS) is 10.7. The van der Waals surface area contributed by atoms with Crippen LogP contribution in [0.5, 0.6) is 5.75 Å².